The van der Waals surface area contributed by atoms with E-state index in [-0.39, 0.29) is 18.1 Å². The Morgan fingerprint density at radius 3 is 2.88 bits per heavy atom. The van der Waals surface area contributed by atoms with Crippen molar-refractivity contribution in [2.45, 2.75) is 38.3 Å². The van der Waals surface area contributed by atoms with Crippen LogP contribution in [0.25, 0.3) is 0 Å². The SMILES string of the molecule is CC(C)n1ncnc1NC(=O)N1C[C@H](c2ccccc2)[C@H]2COCC[C@@H]21. The number of urea groups is 1. The summed E-state index contributed by atoms with van der Waals surface area (Å²) in [5.41, 5.74) is 1.27. The minimum atomic E-state index is -0.102. The highest BCUT2D eigenvalue weighted by molar-refractivity contribution is 5.88. The molecule has 2 aliphatic rings. The molecule has 0 radical (unpaired) electrons. The van der Waals surface area contributed by atoms with Gasteiger partial charge in [-0.2, -0.15) is 10.1 Å². The molecule has 0 unspecified atom stereocenters. The number of carbonyl (C=O) groups is 1. The lowest BCUT2D eigenvalue weighted by atomic mass is 9.84. The van der Waals surface area contributed by atoms with E-state index >= 15 is 0 Å². The molecule has 1 aromatic heterocycles. The van der Waals surface area contributed by atoms with Gasteiger partial charge in [-0.1, -0.05) is 30.3 Å². The van der Waals surface area contributed by atoms with Crippen LogP contribution in [0.15, 0.2) is 36.7 Å². The first kappa shape index (κ1) is 17.0. The molecule has 26 heavy (non-hydrogen) atoms. The monoisotopic (exact) mass is 355 g/mol. The predicted octanol–water partition coefficient (Wildman–Crippen LogP) is 2.90. The molecular weight excluding hydrogens is 330 g/mol. The fraction of sp³-hybridized carbons (Fsp3) is 0.526. The summed E-state index contributed by atoms with van der Waals surface area (Å²) >= 11 is 0. The molecule has 1 aromatic carbocycles. The summed E-state index contributed by atoms with van der Waals surface area (Å²) < 4.78 is 7.46. The van der Waals surface area contributed by atoms with Crippen molar-refractivity contribution in [3.8, 4) is 0 Å². The molecule has 2 amide bonds. The highest BCUT2D eigenvalue weighted by Gasteiger charge is 2.46. The second-order valence-electron chi connectivity index (χ2n) is 7.32. The van der Waals surface area contributed by atoms with Crippen LogP contribution in [0.2, 0.25) is 0 Å². The number of hydrogen-bond donors (Lipinski definition) is 1. The highest BCUT2D eigenvalue weighted by atomic mass is 16.5. The van der Waals surface area contributed by atoms with Gasteiger partial charge in [0.15, 0.2) is 0 Å². The third kappa shape index (κ3) is 3.07. The molecule has 2 fully saturated rings. The zero-order chi connectivity index (χ0) is 18.1. The molecule has 2 saturated heterocycles. The first-order chi connectivity index (χ1) is 12.6. The predicted molar refractivity (Wildman–Crippen MR) is 98.0 cm³/mol. The molecule has 4 rings (SSSR count). The molecule has 7 nitrogen and oxygen atoms in total. The summed E-state index contributed by atoms with van der Waals surface area (Å²) in [4.78, 5) is 19.2. The van der Waals surface area contributed by atoms with Crippen LogP contribution in [-0.4, -0.2) is 51.5 Å². The van der Waals surface area contributed by atoms with Crippen molar-refractivity contribution in [1.82, 2.24) is 19.7 Å². The van der Waals surface area contributed by atoms with E-state index in [9.17, 15) is 4.79 Å². The van der Waals surface area contributed by atoms with E-state index in [0.29, 0.717) is 37.5 Å². The molecule has 0 aliphatic carbocycles. The summed E-state index contributed by atoms with van der Waals surface area (Å²) in [5.74, 6) is 1.13. The van der Waals surface area contributed by atoms with Crippen LogP contribution >= 0.6 is 0 Å². The maximum Gasteiger partial charge on any atom is 0.324 e. The normalized spacial score (nSPS) is 25.3. The molecule has 0 saturated carbocycles. The van der Waals surface area contributed by atoms with Crippen LogP contribution in [0.3, 0.4) is 0 Å². The molecular formula is C19H25N5O2. The number of rotatable bonds is 3. The number of amides is 2. The molecule has 0 spiro atoms. The molecule has 3 atom stereocenters. The first-order valence-electron chi connectivity index (χ1n) is 9.25. The Balaban J connectivity index is 1.55. The number of anilines is 1. The van der Waals surface area contributed by atoms with Gasteiger partial charge in [0.2, 0.25) is 5.95 Å². The topological polar surface area (TPSA) is 72.3 Å². The lowest BCUT2D eigenvalue weighted by molar-refractivity contribution is 0.0272. The van der Waals surface area contributed by atoms with Crippen LogP contribution in [0.4, 0.5) is 10.7 Å². The minimum Gasteiger partial charge on any atom is -0.381 e. The summed E-state index contributed by atoms with van der Waals surface area (Å²) in [7, 11) is 0. The maximum absolute atomic E-state index is 13.0. The van der Waals surface area contributed by atoms with Crippen molar-refractivity contribution in [2.24, 2.45) is 5.92 Å². The van der Waals surface area contributed by atoms with Crippen LogP contribution in [0, 0.1) is 5.92 Å². The van der Waals surface area contributed by atoms with Crippen molar-refractivity contribution in [2.75, 3.05) is 25.1 Å². The number of nitrogens with zero attached hydrogens (tertiary/aromatic N) is 4. The quantitative estimate of drug-likeness (QED) is 0.919. The van der Waals surface area contributed by atoms with Gasteiger partial charge in [0, 0.05) is 31.0 Å². The van der Waals surface area contributed by atoms with Gasteiger partial charge in [0.1, 0.15) is 6.33 Å². The van der Waals surface area contributed by atoms with Crippen molar-refractivity contribution in [3.63, 3.8) is 0 Å². The Morgan fingerprint density at radius 2 is 2.12 bits per heavy atom. The highest BCUT2D eigenvalue weighted by Crippen LogP contribution is 2.41. The van der Waals surface area contributed by atoms with Gasteiger partial charge in [-0.05, 0) is 25.8 Å². The third-order valence-corrected chi connectivity index (χ3v) is 5.44. The van der Waals surface area contributed by atoms with Gasteiger partial charge in [0.05, 0.1) is 12.6 Å². The Hall–Kier alpha value is -2.41. The van der Waals surface area contributed by atoms with Crippen molar-refractivity contribution in [1.29, 1.82) is 0 Å². The molecule has 3 heterocycles. The molecule has 0 bridgehead atoms. The molecule has 1 N–H and O–H groups in total. The number of benzene rings is 1. The van der Waals surface area contributed by atoms with Gasteiger partial charge < -0.3 is 9.64 Å². The summed E-state index contributed by atoms with van der Waals surface area (Å²) in [5, 5.41) is 7.15. The molecule has 2 aliphatic heterocycles. The number of ether oxygens (including phenoxy) is 1. The summed E-state index contributed by atoms with van der Waals surface area (Å²) in [6, 6.07) is 10.7. The Kier molecular flexibility index (Phi) is 4.63. The average molecular weight is 355 g/mol. The second kappa shape index (κ2) is 7.07. The van der Waals surface area contributed by atoms with E-state index in [0.717, 1.165) is 6.42 Å². The number of hydrogen-bond acceptors (Lipinski definition) is 4. The lowest BCUT2D eigenvalue weighted by Gasteiger charge is -2.32. The van der Waals surface area contributed by atoms with E-state index in [1.54, 1.807) is 4.68 Å². The zero-order valence-corrected chi connectivity index (χ0v) is 15.2. The van der Waals surface area contributed by atoms with Gasteiger partial charge in [-0.25, -0.2) is 9.48 Å². The number of carbonyl (C=O) groups excluding carboxylic acids is 1. The number of likely N-dealkylation sites (tertiary alicyclic amines) is 1. The first-order valence-corrected chi connectivity index (χ1v) is 9.25. The average Bonchev–Trinajstić information content (AvgIpc) is 3.27. The van der Waals surface area contributed by atoms with Crippen molar-refractivity contribution in [3.05, 3.63) is 42.2 Å². The minimum absolute atomic E-state index is 0.102. The Labute approximate surface area is 153 Å². The maximum atomic E-state index is 13.0. The Morgan fingerprint density at radius 1 is 1.31 bits per heavy atom. The van der Waals surface area contributed by atoms with Gasteiger partial charge >= 0.3 is 6.03 Å². The van der Waals surface area contributed by atoms with E-state index in [1.165, 1.54) is 11.9 Å². The summed E-state index contributed by atoms with van der Waals surface area (Å²) in [6.45, 7) is 6.13. The lowest BCUT2D eigenvalue weighted by Crippen LogP contribution is -2.44. The zero-order valence-electron chi connectivity index (χ0n) is 15.2. The van der Waals surface area contributed by atoms with E-state index in [4.69, 9.17) is 4.74 Å². The van der Waals surface area contributed by atoms with Crippen LogP contribution in [0.5, 0.6) is 0 Å². The van der Waals surface area contributed by atoms with Gasteiger partial charge in [-0.15, -0.1) is 0 Å². The number of nitrogens with one attached hydrogen (secondary N) is 1. The van der Waals surface area contributed by atoms with Crippen molar-refractivity contribution >= 4 is 12.0 Å². The molecule has 2 aromatic rings. The standard InChI is InChI=1S/C19H25N5O2/c1-13(2)24-18(20-12-21-24)22-19(25)23-10-15(14-6-4-3-5-7-14)16-11-26-9-8-17(16)23/h3-7,12-13,15-17H,8-11H2,1-2H3,(H,20,21,22,25)/t15-,16-,17+/m1/s1. The number of fused-ring (bicyclic) bond motifs is 1. The smallest absolute Gasteiger partial charge is 0.324 e. The fourth-order valence-electron chi connectivity index (χ4n) is 4.17. The fourth-order valence-corrected chi connectivity index (χ4v) is 4.17. The molecule has 138 valence electrons. The van der Waals surface area contributed by atoms with E-state index in [1.807, 2.05) is 24.8 Å². The van der Waals surface area contributed by atoms with Crippen LogP contribution in [-0.2, 0) is 4.74 Å². The van der Waals surface area contributed by atoms with Gasteiger partial charge in [-0.3, -0.25) is 5.32 Å². The number of aromatic nitrogens is 3. The third-order valence-electron chi connectivity index (χ3n) is 5.44. The second-order valence-corrected chi connectivity index (χ2v) is 7.32. The van der Waals surface area contributed by atoms with Crippen molar-refractivity contribution < 1.29 is 9.53 Å². The van der Waals surface area contributed by atoms with Crippen LogP contribution < -0.4 is 5.32 Å². The van der Waals surface area contributed by atoms with E-state index < -0.39 is 0 Å². The Bertz CT molecular complexity index is 760. The van der Waals surface area contributed by atoms with Crippen LogP contribution in [0.1, 0.15) is 37.8 Å². The van der Waals surface area contributed by atoms with Gasteiger partial charge in [0.25, 0.3) is 0 Å². The summed E-state index contributed by atoms with van der Waals surface area (Å²) in [6.07, 6.45) is 2.35. The van der Waals surface area contributed by atoms with E-state index in [2.05, 4.69) is 39.7 Å². The largest absolute Gasteiger partial charge is 0.381 e. The molecule has 7 heteroatoms.